The predicted octanol–water partition coefficient (Wildman–Crippen LogP) is 4.22. The van der Waals surface area contributed by atoms with Crippen molar-refractivity contribution in [3.63, 3.8) is 0 Å². The van der Waals surface area contributed by atoms with Gasteiger partial charge >= 0.3 is 0 Å². The van der Waals surface area contributed by atoms with Gasteiger partial charge in [-0.15, -0.1) is 0 Å². The molecular formula is C15H15Br2NO2. The van der Waals surface area contributed by atoms with E-state index in [2.05, 4.69) is 37.2 Å². The van der Waals surface area contributed by atoms with Crippen LogP contribution in [0.1, 0.15) is 11.1 Å². The monoisotopic (exact) mass is 399 g/mol. The summed E-state index contributed by atoms with van der Waals surface area (Å²) in [6.45, 7) is 1.25. The van der Waals surface area contributed by atoms with Crippen LogP contribution in [0, 0.1) is 0 Å². The molecule has 2 aromatic rings. The molecule has 0 saturated carbocycles. The second-order valence-corrected chi connectivity index (χ2v) is 6.08. The van der Waals surface area contributed by atoms with Crippen molar-refractivity contribution in [1.82, 2.24) is 5.32 Å². The van der Waals surface area contributed by atoms with Crippen molar-refractivity contribution in [2.45, 2.75) is 13.1 Å². The molecule has 2 rings (SSSR count). The molecule has 0 spiro atoms. The molecule has 0 aliphatic heterocycles. The summed E-state index contributed by atoms with van der Waals surface area (Å²) in [5, 5.41) is 13.0. The highest BCUT2D eigenvalue weighted by molar-refractivity contribution is 9.11. The Morgan fingerprint density at radius 2 is 1.80 bits per heavy atom. The lowest BCUT2D eigenvalue weighted by Gasteiger charge is -2.12. The Bertz CT molecular complexity index is 602. The number of hydrogen-bond acceptors (Lipinski definition) is 3. The van der Waals surface area contributed by atoms with E-state index in [0.29, 0.717) is 18.8 Å². The van der Waals surface area contributed by atoms with Crippen LogP contribution in [0.5, 0.6) is 11.5 Å². The van der Waals surface area contributed by atoms with Crippen molar-refractivity contribution < 1.29 is 9.84 Å². The van der Waals surface area contributed by atoms with Gasteiger partial charge in [0.15, 0.2) is 0 Å². The first-order valence-electron chi connectivity index (χ1n) is 6.11. The van der Waals surface area contributed by atoms with E-state index in [-0.39, 0.29) is 0 Å². The molecule has 0 aliphatic rings. The van der Waals surface area contributed by atoms with Crippen LogP contribution < -0.4 is 10.1 Å². The summed E-state index contributed by atoms with van der Waals surface area (Å²) in [6.07, 6.45) is 0. The first kappa shape index (κ1) is 15.4. The summed E-state index contributed by atoms with van der Waals surface area (Å²) < 4.78 is 7.30. The molecule has 20 heavy (non-hydrogen) atoms. The SMILES string of the molecule is COc1c(Br)cc(Br)cc1CNCc1ccccc1O. The molecule has 0 bridgehead atoms. The highest BCUT2D eigenvalue weighted by Crippen LogP contribution is 2.32. The molecule has 2 aromatic carbocycles. The van der Waals surface area contributed by atoms with Crippen LogP contribution in [0.2, 0.25) is 0 Å². The van der Waals surface area contributed by atoms with Gasteiger partial charge in [-0.1, -0.05) is 34.1 Å². The number of aromatic hydroxyl groups is 1. The van der Waals surface area contributed by atoms with Crippen LogP contribution in [0.25, 0.3) is 0 Å². The van der Waals surface area contributed by atoms with Crippen LogP contribution >= 0.6 is 31.9 Å². The number of halogens is 2. The summed E-state index contributed by atoms with van der Waals surface area (Å²) in [7, 11) is 1.65. The zero-order valence-corrected chi connectivity index (χ0v) is 14.2. The van der Waals surface area contributed by atoms with E-state index >= 15 is 0 Å². The average Bonchev–Trinajstić information content (AvgIpc) is 2.40. The van der Waals surface area contributed by atoms with Gasteiger partial charge in [0, 0.05) is 28.7 Å². The Morgan fingerprint density at radius 1 is 1.10 bits per heavy atom. The fourth-order valence-corrected chi connectivity index (χ4v) is 3.44. The van der Waals surface area contributed by atoms with Gasteiger partial charge in [0.2, 0.25) is 0 Å². The van der Waals surface area contributed by atoms with Gasteiger partial charge in [0.25, 0.3) is 0 Å². The van der Waals surface area contributed by atoms with Gasteiger partial charge in [-0.25, -0.2) is 0 Å². The third kappa shape index (κ3) is 3.75. The maximum atomic E-state index is 9.72. The van der Waals surface area contributed by atoms with Crippen LogP contribution in [-0.4, -0.2) is 12.2 Å². The van der Waals surface area contributed by atoms with E-state index in [1.165, 1.54) is 0 Å². The van der Waals surface area contributed by atoms with Crippen molar-refractivity contribution in [2.24, 2.45) is 0 Å². The number of phenolic OH excluding ortho intramolecular Hbond substituents is 1. The zero-order chi connectivity index (χ0) is 14.5. The Labute approximate surface area is 135 Å². The summed E-state index contributed by atoms with van der Waals surface area (Å²) in [4.78, 5) is 0. The van der Waals surface area contributed by atoms with E-state index in [4.69, 9.17) is 4.74 Å². The van der Waals surface area contributed by atoms with Gasteiger partial charge in [-0.05, 0) is 34.1 Å². The van der Waals surface area contributed by atoms with Crippen molar-refractivity contribution in [3.05, 3.63) is 56.5 Å². The average molecular weight is 401 g/mol. The van der Waals surface area contributed by atoms with E-state index in [0.717, 1.165) is 25.8 Å². The summed E-state index contributed by atoms with van der Waals surface area (Å²) >= 11 is 6.96. The van der Waals surface area contributed by atoms with Crippen LogP contribution in [-0.2, 0) is 13.1 Å². The minimum Gasteiger partial charge on any atom is -0.508 e. The van der Waals surface area contributed by atoms with Gasteiger partial charge in [0.1, 0.15) is 11.5 Å². The fraction of sp³-hybridized carbons (Fsp3) is 0.200. The first-order chi connectivity index (χ1) is 9.61. The summed E-state index contributed by atoms with van der Waals surface area (Å²) in [6, 6.07) is 11.3. The van der Waals surface area contributed by atoms with Crippen molar-refractivity contribution >= 4 is 31.9 Å². The van der Waals surface area contributed by atoms with E-state index in [9.17, 15) is 5.11 Å². The Balaban J connectivity index is 2.06. The molecule has 0 fully saturated rings. The maximum Gasteiger partial charge on any atom is 0.137 e. The lowest BCUT2D eigenvalue weighted by atomic mass is 10.1. The number of nitrogens with one attached hydrogen (secondary N) is 1. The second kappa shape index (κ2) is 7.11. The number of benzene rings is 2. The van der Waals surface area contributed by atoms with Crippen LogP contribution in [0.4, 0.5) is 0 Å². The van der Waals surface area contributed by atoms with Crippen LogP contribution in [0.15, 0.2) is 45.3 Å². The molecule has 0 radical (unpaired) electrons. The largest absolute Gasteiger partial charge is 0.508 e. The maximum absolute atomic E-state index is 9.72. The molecule has 3 nitrogen and oxygen atoms in total. The lowest BCUT2D eigenvalue weighted by molar-refractivity contribution is 0.404. The van der Waals surface area contributed by atoms with Gasteiger partial charge in [0.05, 0.1) is 11.6 Å². The third-order valence-corrected chi connectivity index (χ3v) is 3.96. The number of methoxy groups -OCH3 is 1. The standard InChI is InChI=1S/C15H15Br2NO2/c1-20-15-11(6-12(16)7-13(15)17)9-18-8-10-4-2-3-5-14(10)19/h2-7,18-19H,8-9H2,1H3. The third-order valence-electron chi connectivity index (χ3n) is 2.91. The molecule has 0 aromatic heterocycles. The number of ether oxygens (including phenoxy) is 1. The van der Waals surface area contributed by atoms with Crippen molar-refractivity contribution in [2.75, 3.05) is 7.11 Å². The molecule has 106 valence electrons. The van der Waals surface area contributed by atoms with Gasteiger partial charge < -0.3 is 15.2 Å². The predicted molar refractivity (Wildman–Crippen MR) is 87.0 cm³/mol. The van der Waals surface area contributed by atoms with Gasteiger partial charge in [-0.2, -0.15) is 0 Å². The molecule has 5 heteroatoms. The highest BCUT2D eigenvalue weighted by Gasteiger charge is 2.09. The summed E-state index contributed by atoms with van der Waals surface area (Å²) in [5.74, 6) is 1.13. The minimum atomic E-state index is 0.308. The Kier molecular flexibility index (Phi) is 5.46. The normalized spacial score (nSPS) is 10.6. The van der Waals surface area contributed by atoms with E-state index < -0.39 is 0 Å². The molecule has 0 aliphatic carbocycles. The minimum absolute atomic E-state index is 0.308. The zero-order valence-electron chi connectivity index (χ0n) is 11.0. The Hall–Kier alpha value is -1.04. The molecule has 0 heterocycles. The molecule has 0 unspecified atom stereocenters. The van der Waals surface area contributed by atoms with Gasteiger partial charge in [-0.3, -0.25) is 0 Å². The summed E-state index contributed by atoms with van der Waals surface area (Å²) in [5.41, 5.74) is 1.92. The van der Waals surface area contributed by atoms with Crippen molar-refractivity contribution in [1.29, 1.82) is 0 Å². The highest BCUT2D eigenvalue weighted by atomic mass is 79.9. The first-order valence-corrected chi connectivity index (χ1v) is 7.70. The lowest BCUT2D eigenvalue weighted by Crippen LogP contribution is -2.13. The molecular weight excluding hydrogens is 386 g/mol. The molecule has 0 amide bonds. The number of phenols is 1. The van der Waals surface area contributed by atoms with E-state index in [1.807, 2.05) is 30.3 Å². The van der Waals surface area contributed by atoms with Crippen LogP contribution in [0.3, 0.4) is 0 Å². The smallest absolute Gasteiger partial charge is 0.137 e. The number of rotatable bonds is 5. The Morgan fingerprint density at radius 3 is 2.50 bits per heavy atom. The van der Waals surface area contributed by atoms with Crippen molar-refractivity contribution in [3.8, 4) is 11.5 Å². The molecule has 2 N–H and O–H groups in total. The number of hydrogen-bond donors (Lipinski definition) is 2. The number of para-hydroxylation sites is 1. The molecule has 0 atom stereocenters. The van der Waals surface area contributed by atoms with E-state index in [1.54, 1.807) is 13.2 Å². The second-order valence-electron chi connectivity index (χ2n) is 4.31. The quantitative estimate of drug-likeness (QED) is 0.789. The molecule has 0 saturated heterocycles. The fourth-order valence-electron chi connectivity index (χ4n) is 1.97. The topological polar surface area (TPSA) is 41.5 Å².